The van der Waals surface area contributed by atoms with Crippen molar-refractivity contribution in [2.45, 2.75) is 34.1 Å². The number of ether oxygens (including phenoxy) is 1. The van der Waals surface area contributed by atoms with Gasteiger partial charge >= 0.3 is 5.97 Å². The van der Waals surface area contributed by atoms with Crippen molar-refractivity contribution >= 4 is 23.3 Å². The number of allylic oxidation sites excluding steroid dienone is 2. The Balaban J connectivity index is 0.000000258. The van der Waals surface area contributed by atoms with Crippen LogP contribution in [0.25, 0.3) is 0 Å². The zero-order valence-electron chi connectivity index (χ0n) is 20.2. The van der Waals surface area contributed by atoms with Crippen molar-refractivity contribution in [2.24, 2.45) is 0 Å². The van der Waals surface area contributed by atoms with Crippen LogP contribution < -0.4 is 10.1 Å². The van der Waals surface area contributed by atoms with Crippen LogP contribution in [0.4, 0.5) is 5.69 Å². The van der Waals surface area contributed by atoms with Gasteiger partial charge in [-0.1, -0.05) is 23.8 Å². The highest BCUT2D eigenvalue weighted by molar-refractivity contribution is 5.94. The molecule has 0 aromatic heterocycles. The number of amides is 1. The van der Waals surface area contributed by atoms with Crippen LogP contribution in [-0.2, 0) is 11.2 Å². The van der Waals surface area contributed by atoms with Crippen LogP contribution in [0.1, 0.15) is 54.0 Å². The van der Waals surface area contributed by atoms with Crippen LogP contribution in [0, 0.1) is 0 Å². The summed E-state index contributed by atoms with van der Waals surface area (Å²) in [5.41, 5.74) is 3.34. The van der Waals surface area contributed by atoms with E-state index in [2.05, 4.69) is 5.32 Å². The van der Waals surface area contributed by atoms with Gasteiger partial charge in [0.25, 0.3) is 0 Å². The lowest BCUT2D eigenvalue weighted by molar-refractivity contribution is -0.114. The van der Waals surface area contributed by atoms with Crippen LogP contribution in [0.15, 0.2) is 78.4 Å². The highest BCUT2D eigenvalue weighted by atomic mass is 16.5. The van der Waals surface area contributed by atoms with Crippen molar-refractivity contribution < 1.29 is 29.3 Å². The van der Waals surface area contributed by atoms with Gasteiger partial charge in [-0.15, -0.1) is 0 Å². The van der Waals surface area contributed by atoms with E-state index in [1.165, 1.54) is 31.6 Å². The van der Waals surface area contributed by atoms with Crippen LogP contribution in [0.5, 0.6) is 17.2 Å². The van der Waals surface area contributed by atoms with Gasteiger partial charge in [-0.3, -0.25) is 9.59 Å². The Morgan fingerprint density at radius 1 is 0.857 bits per heavy atom. The van der Waals surface area contributed by atoms with Crippen LogP contribution >= 0.6 is 0 Å². The predicted molar refractivity (Wildman–Crippen MR) is 135 cm³/mol. The Morgan fingerprint density at radius 2 is 1.51 bits per heavy atom. The van der Waals surface area contributed by atoms with Crippen LogP contribution in [0.2, 0.25) is 0 Å². The van der Waals surface area contributed by atoms with E-state index in [9.17, 15) is 24.6 Å². The Labute approximate surface area is 204 Å². The SMILES string of the molecule is CC(=O)Nc1ccc(OC(=O)c2ccccc2O)cc1.CC(=O)c1ccc(O)c(CC=C(C)C)c1. The molecule has 3 aromatic rings. The number of rotatable bonds is 6. The lowest BCUT2D eigenvalue weighted by Gasteiger charge is -2.07. The highest BCUT2D eigenvalue weighted by Crippen LogP contribution is 2.21. The van der Waals surface area contributed by atoms with Gasteiger partial charge in [0, 0.05) is 18.2 Å². The zero-order chi connectivity index (χ0) is 26.0. The van der Waals surface area contributed by atoms with Gasteiger partial charge in [0.05, 0.1) is 0 Å². The van der Waals surface area contributed by atoms with Gasteiger partial charge in [-0.25, -0.2) is 4.79 Å². The van der Waals surface area contributed by atoms with E-state index in [4.69, 9.17) is 4.74 Å². The maximum absolute atomic E-state index is 11.8. The van der Waals surface area contributed by atoms with Crippen molar-refractivity contribution in [3.05, 3.63) is 95.1 Å². The molecular formula is C28H29NO6. The standard InChI is InChI=1S/C15H13NO4.C13H16O2/c1-10(17)16-11-6-8-12(9-7-11)20-15(19)13-4-2-3-5-14(13)18;1-9(2)4-5-12-8-11(10(3)14)6-7-13(12)15/h2-9,18H,1H3,(H,16,17);4,6-8,15H,5H2,1-3H3. The number of ketones is 1. The zero-order valence-corrected chi connectivity index (χ0v) is 20.2. The first kappa shape index (κ1) is 26.9. The second kappa shape index (κ2) is 12.7. The van der Waals surface area contributed by atoms with Gasteiger partial charge in [-0.2, -0.15) is 0 Å². The quantitative estimate of drug-likeness (QED) is 0.183. The van der Waals surface area contributed by atoms with Crippen molar-refractivity contribution in [1.82, 2.24) is 0 Å². The summed E-state index contributed by atoms with van der Waals surface area (Å²) >= 11 is 0. The van der Waals surface area contributed by atoms with Gasteiger partial charge in [0.1, 0.15) is 22.8 Å². The molecule has 3 rings (SSSR count). The maximum atomic E-state index is 11.8. The third-order valence-corrected chi connectivity index (χ3v) is 4.73. The summed E-state index contributed by atoms with van der Waals surface area (Å²) in [6.07, 6.45) is 2.69. The molecule has 0 saturated carbocycles. The normalized spacial score (nSPS) is 9.83. The van der Waals surface area contributed by atoms with E-state index in [0.29, 0.717) is 23.4 Å². The van der Waals surface area contributed by atoms with Crippen molar-refractivity contribution in [1.29, 1.82) is 0 Å². The number of aromatic hydroxyl groups is 2. The molecule has 0 unspecified atom stereocenters. The molecule has 7 nitrogen and oxygen atoms in total. The smallest absolute Gasteiger partial charge is 0.347 e. The van der Waals surface area contributed by atoms with E-state index < -0.39 is 5.97 Å². The number of Topliss-reactive ketones (excluding diaryl/α,β-unsaturated/α-hetero) is 1. The third kappa shape index (κ3) is 8.81. The Hall–Kier alpha value is -4.39. The average Bonchev–Trinajstić information content (AvgIpc) is 2.80. The fourth-order valence-corrected chi connectivity index (χ4v) is 2.90. The molecule has 0 bridgehead atoms. The molecule has 0 heterocycles. The molecule has 0 radical (unpaired) electrons. The summed E-state index contributed by atoms with van der Waals surface area (Å²) in [6.45, 7) is 6.95. The Kier molecular flexibility index (Phi) is 9.78. The molecule has 3 aromatic carbocycles. The number of hydrogen-bond acceptors (Lipinski definition) is 6. The molecular weight excluding hydrogens is 446 g/mol. The summed E-state index contributed by atoms with van der Waals surface area (Å²) in [7, 11) is 0. The lowest BCUT2D eigenvalue weighted by atomic mass is 10.0. The van der Waals surface area contributed by atoms with E-state index in [1.807, 2.05) is 19.9 Å². The average molecular weight is 476 g/mol. The fraction of sp³-hybridized carbons (Fsp3) is 0.179. The monoisotopic (exact) mass is 475 g/mol. The molecule has 0 saturated heterocycles. The molecule has 182 valence electrons. The molecule has 0 aliphatic rings. The first-order valence-corrected chi connectivity index (χ1v) is 10.9. The highest BCUT2D eigenvalue weighted by Gasteiger charge is 2.12. The van der Waals surface area contributed by atoms with Crippen LogP contribution in [0.3, 0.4) is 0 Å². The van der Waals surface area contributed by atoms with Gasteiger partial charge in [0.15, 0.2) is 5.78 Å². The number of carbonyl (C=O) groups is 3. The number of anilines is 1. The molecule has 0 spiro atoms. The number of phenols is 2. The number of hydrogen-bond donors (Lipinski definition) is 3. The van der Waals surface area contributed by atoms with Gasteiger partial charge < -0.3 is 20.3 Å². The first-order chi connectivity index (χ1) is 16.6. The number of para-hydroxylation sites is 1. The topological polar surface area (TPSA) is 113 Å². The number of benzene rings is 3. The molecule has 3 N–H and O–H groups in total. The minimum absolute atomic E-state index is 0.0217. The van der Waals surface area contributed by atoms with E-state index in [-0.39, 0.29) is 28.8 Å². The first-order valence-electron chi connectivity index (χ1n) is 10.9. The molecule has 0 aliphatic heterocycles. The minimum Gasteiger partial charge on any atom is -0.508 e. The Bertz CT molecular complexity index is 1220. The summed E-state index contributed by atoms with van der Waals surface area (Å²) in [4.78, 5) is 33.9. The minimum atomic E-state index is -0.643. The fourth-order valence-electron chi connectivity index (χ4n) is 2.90. The van der Waals surface area contributed by atoms with E-state index >= 15 is 0 Å². The van der Waals surface area contributed by atoms with Crippen molar-refractivity contribution in [3.63, 3.8) is 0 Å². The number of esters is 1. The van der Waals surface area contributed by atoms with Crippen LogP contribution in [-0.4, -0.2) is 27.9 Å². The lowest BCUT2D eigenvalue weighted by Crippen LogP contribution is -2.09. The number of carbonyl (C=O) groups excluding carboxylic acids is 3. The maximum Gasteiger partial charge on any atom is 0.347 e. The third-order valence-electron chi connectivity index (χ3n) is 4.73. The molecule has 35 heavy (non-hydrogen) atoms. The molecule has 0 aliphatic carbocycles. The van der Waals surface area contributed by atoms with Crippen molar-refractivity contribution in [3.8, 4) is 17.2 Å². The van der Waals surface area contributed by atoms with E-state index in [0.717, 1.165) is 5.56 Å². The molecule has 1 amide bonds. The van der Waals surface area contributed by atoms with Gasteiger partial charge in [-0.05, 0) is 87.4 Å². The van der Waals surface area contributed by atoms with Gasteiger partial charge in [0.2, 0.25) is 5.91 Å². The number of phenolic OH excluding ortho intramolecular Hbond substituents is 2. The summed E-state index contributed by atoms with van der Waals surface area (Å²) in [5.74, 6) is -0.356. The summed E-state index contributed by atoms with van der Waals surface area (Å²) in [5, 5.41) is 21.7. The Morgan fingerprint density at radius 3 is 2.09 bits per heavy atom. The number of nitrogens with one attached hydrogen (secondary N) is 1. The largest absolute Gasteiger partial charge is 0.508 e. The molecule has 7 heteroatoms. The summed E-state index contributed by atoms with van der Waals surface area (Å²) in [6, 6.07) is 17.5. The second-order valence-electron chi connectivity index (χ2n) is 8.00. The molecule has 0 fully saturated rings. The van der Waals surface area contributed by atoms with E-state index in [1.54, 1.807) is 54.6 Å². The van der Waals surface area contributed by atoms with Crippen molar-refractivity contribution in [2.75, 3.05) is 5.32 Å². The summed E-state index contributed by atoms with van der Waals surface area (Å²) < 4.78 is 5.13. The second-order valence-corrected chi connectivity index (χ2v) is 8.00. The predicted octanol–water partition coefficient (Wildman–Crippen LogP) is 5.67. The molecule has 0 atom stereocenters.